The van der Waals surface area contributed by atoms with Crippen LogP contribution in [0, 0.1) is 11.3 Å². The average molecular weight is 213 g/mol. The van der Waals surface area contributed by atoms with Crippen molar-refractivity contribution in [3.05, 3.63) is 0 Å². The summed E-state index contributed by atoms with van der Waals surface area (Å²) in [5, 5.41) is 3.73. The minimum atomic E-state index is -0.0789. The van der Waals surface area contributed by atoms with Gasteiger partial charge in [0.25, 0.3) is 0 Å². The van der Waals surface area contributed by atoms with Gasteiger partial charge in [-0.15, -0.1) is 0 Å². The second-order valence-electron chi connectivity index (χ2n) is 5.84. The minimum absolute atomic E-state index is 0.0789. The second kappa shape index (κ2) is 4.42. The van der Waals surface area contributed by atoms with Crippen LogP contribution in [0.2, 0.25) is 0 Å². The van der Waals surface area contributed by atoms with E-state index in [2.05, 4.69) is 46.9 Å². The van der Waals surface area contributed by atoms with Crippen LogP contribution >= 0.6 is 0 Å². The Bertz CT molecular complexity index is 207. The van der Waals surface area contributed by atoms with E-state index >= 15 is 0 Å². The summed E-state index contributed by atoms with van der Waals surface area (Å²) >= 11 is 0. The molecule has 0 amide bonds. The lowest BCUT2D eigenvalue weighted by atomic mass is 9.76. The van der Waals surface area contributed by atoms with Crippen molar-refractivity contribution in [3.8, 4) is 0 Å². The zero-order valence-electron chi connectivity index (χ0n) is 11.2. The van der Waals surface area contributed by atoms with Crippen molar-refractivity contribution in [3.63, 3.8) is 0 Å². The molecule has 0 aliphatic carbocycles. The topological polar surface area (TPSA) is 21.3 Å². The zero-order valence-corrected chi connectivity index (χ0v) is 11.2. The number of rotatable bonds is 3. The molecule has 0 aromatic rings. The van der Waals surface area contributed by atoms with E-state index in [-0.39, 0.29) is 11.1 Å². The Balaban J connectivity index is 2.83. The first-order valence-electron chi connectivity index (χ1n) is 6.28. The maximum atomic E-state index is 6.05. The van der Waals surface area contributed by atoms with Crippen molar-refractivity contribution >= 4 is 0 Å². The third-order valence-corrected chi connectivity index (χ3v) is 3.79. The summed E-state index contributed by atoms with van der Waals surface area (Å²) in [7, 11) is 0. The standard InChI is InChI=1S/C13H27NO/c1-7-13(8-2)14-11(10(3)4)12(5,6)9-15-13/h10-11,14H,7-9H2,1-6H3. The molecule has 2 heteroatoms. The van der Waals surface area contributed by atoms with Crippen molar-refractivity contribution in [1.29, 1.82) is 0 Å². The Morgan fingerprint density at radius 3 is 2.20 bits per heavy atom. The molecule has 0 bridgehead atoms. The van der Waals surface area contributed by atoms with Crippen LogP contribution in [0.15, 0.2) is 0 Å². The molecule has 15 heavy (non-hydrogen) atoms. The Hall–Kier alpha value is -0.0800. The summed E-state index contributed by atoms with van der Waals surface area (Å²) in [5.41, 5.74) is 0.159. The molecule has 90 valence electrons. The van der Waals surface area contributed by atoms with E-state index in [0.29, 0.717) is 12.0 Å². The molecule has 1 saturated heterocycles. The van der Waals surface area contributed by atoms with Crippen LogP contribution in [0.4, 0.5) is 0 Å². The first-order valence-corrected chi connectivity index (χ1v) is 6.28. The number of hydrogen-bond donors (Lipinski definition) is 1. The predicted molar refractivity (Wildman–Crippen MR) is 64.8 cm³/mol. The van der Waals surface area contributed by atoms with E-state index in [9.17, 15) is 0 Å². The van der Waals surface area contributed by atoms with Gasteiger partial charge in [-0.05, 0) is 18.8 Å². The first kappa shape index (κ1) is 13.0. The van der Waals surface area contributed by atoms with Crippen LogP contribution in [-0.4, -0.2) is 18.4 Å². The van der Waals surface area contributed by atoms with Crippen molar-refractivity contribution in [2.45, 2.75) is 66.2 Å². The van der Waals surface area contributed by atoms with E-state index in [1.165, 1.54) is 0 Å². The Labute approximate surface area is 94.8 Å². The summed E-state index contributed by atoms with van der Waals surface area (Å²) < 4.78 is 6.05. The van der Waals surface area contributed by atoms with Gasteiger partial charge in [0.05, 0.1) is 6.61 Å². The molecule has 1 heterocycles. The summed E-state index contributed by atoms with van der Waals surface area (Å²) in [6.45, 7) is 14.4. The fourth-order valence-electron chi connectivity index (χ4n) is 2.66. The van der Waals surface area contributed by atoms with Gasteiger partial charge in [0.15, 0.2) is 0 Å². The maximum absolute atomic E-state index is 6.05. The van der Waals surface area contributed by atoms with Crippen LogP contribution in [-0.2, 0) is 4.74 Å². The molecule has 1 rings (SSSR count). The minimum Gasteiger partial charge on any atom is -0.360 e. The van der Waals surface area contributed by atoms with E-state index in [4.69, 9.17) is 4.74 Å². The lowest BCUT2D eigenvalue weighted by Crippen LogP contribution is -2.64. The molecule has 2 nitrogen and oxygen atoms in total. The highest BCUT2D eigenvalue weighted by molar-refractivity contribution is 4.95. The van der Waals surface area contributed by atoms with Crippen LogP contribution in [0.3, 0.4) is 0 Å². The van der Waals surface area contributed by atoms with Gasteiger partial charge in [0.1, 0.15) is 5.72 Å². The van der Waals surface area contributed by atoms with Gasteiger partial charge in [-0.25, -0.2) is 0 Å². The highest BCUT2D eigenvalue weighted by Crippen LogP contribution is 2.36. The van der Waals surface area contributed by atoms with E-state index in [1.54, 1.807) is 0 Å². The van der Waals surface area contributed by atoms with Gasteiger partial charge < -0.3 is 4.74 Å². The summed E-state index contributed by atoms with van der Waals surface area (Å²) in [6, 6.07) is 0.547. The molecule has 1 aliphatic rings. The lowest BCUT2D eigenvalue weighted by molar-refractivity contribution is -0.168. The zero-order chi connectivity index (χ0) is 11.7. The number of nitrogens with one attached hydrogen (secondary N) is 1. The quantitative estimate of drug-likeness (QED) is 0.777. The first-order chi connectivity index (χ1) is 6.87. The van der Waals surface area contributed by atoms with E-state index < -0.39 is 0 Å². The molecule has 0 spiro atoms. The lowest BCUT2D eigenvalue weighted by Gasteiger charge is -2.51. The van der Waals surface area contributed by atoms with Gasteiger partial charge in [-0.2, -0.15) is 0 Å². The highest BCUT2D eigenvalue weighted by atomic mass is 16.5. The molecule has 0 aromatic heterocycles. The summed E-state index contributed by atoms with van der Waals surface area (Å²) in [4.78, 5) is 0. The van der Waals surface area contributed by atoms with Crippen molar-refractivity contribution in [1.82, 2.24) is 5.32 Å². The van der Waals surface area contributed by atoms with Crippen LogP contribution in [0.5, 0.6) is 0 Å². The molecule has 1 atom stereocenters. The molecule has 0 aromatic carbocycles. The maximum Gasteiger partial charge on any atom is 0.118 e. The van der Waals surface area contributed by atoms with Gasteiger partial charge in [-0.3, -0.25) is 5.32 Å². The fourth-order valence-corrected chi connectivity index (χ4v) is 2.66. The molecule has 1 unspecified atom stereocenters. The second-order valence-corrected chi connectivity index (χ2v) is 5.84. The van der Waals surface area contributed by atoms with Crippen molar-refractivity contribution < 1.29 is 4.74 Å². The van der Waals surface area contributed by atoms with Crippen molar-refractivity contribution in [2.24, 2.45) is 11.3 Å². The summed E-state index contributed by atoms with van der Waals surface area (Å²) in [5.74, 6) is 0.654. The molecule has 1 aliphatic heterocycles. The molecular formula is C13H27NO. The number of hydrogen-bond acceptors (Lipinski definition) is 2. The Morgan fingerprint density at radius 1 is 1.27 bits per heavy atom. The molecule has 1 fully saturated rings. The fraction of sp³-hybridized carbons (Fsp3) is 1.00. The van der Waals surface area contributed by atoms with Gasteiger partial charge in [-0.1, -0.05) is 41.5 Å². The monoisotopic (exact) mass is 213 g/mol. The predicted octanol–water partition coefficient (Wildman–Crippen LogP) is 3.17. The summed E-state index contributed by atoms with van der Waals surface area (Å²) in [6.07, 6.45) is 2.09. The van der Waals surface area contributed by atoms with Crippen LogP contribution in [0.25, 0.3) is 0 Å². The Kier molecular flexibility index (Phi) is 3.83. The van der Waals surface area contributed by atoms with Crippen molar-refractivity contribution in [2.75, 3.05) is 6.61 Å². The smallest absolute Gasteiger partial charge is 0.118 e. The largest absolute Gasteiger partial charge is 0.360 e. The number of ether oxygens (including phenoxy) is 1. The third-order valence-electron chi connectivity index (χ3n) is 3.79. The van der Waals surface area contributed by atoms with E-state index in [1.807, 2.05) is 0 Å². The SMILES string of the molecule is CCC1(CC)NC(C(C)C)C(C)(C)CO1. The molecule has 1 N–H and O–H groups in total. The molecular weight excluding hydrogens is 186 g/mol. The normalized spacial score (nSPS) is 29.4. The van der Waals surface area contributed by atoms with E-state index in [0.717, 1.165) is 19.4 Å². The Morgan fingerprint density at radius 2 is 1.80 bits per heavy atom. The van der Waals surface area contributed by atoms with Crippen LogP contribution < -0.4 is 5.32 Å². The third kappa shape index (κ3) is 2.54. The van der Waals surface area contributed by atoms with Crippen LogP contribution in [0.1, 0.15) is 54.4 Å². The van der Waals surface area contributed by atoms with Gasteiger partial charge in [0, 0.05) is 11.5 Å². The molecule has 0 radical (unpaired) electrons. The average Bonchev–Trinajstić information content (AvgIpc) is 2.18. The molecule has 0 saturated carbocycles. The van der Waals surface area contributed by atoms with Gasteiger partial charge in [0.2, 0.25) is 0 Å². The van der Waals surface area contributed by atoms with Gasteiger partial charge >= 0.3 is 0 Å². The highest BCUT2D eigenvalue weighted by Gasteiger charge is 2.44.